The summed E-state index contributed by atoms with van der Waals surface area (Å²) in [5.41, 5.74) is 0. The van der Waals surface area contributed by atoms with Crippen LogP contribution in [0.3, 0.4) is 0 Å². The van der Waals surface area contributed by atoms with Crippen molar-refractivity contribution in [3.05, 3.63) is 0 Å². The average molecular weight is 192 g/mol. The molecule has 1 heterocycles. The van der Waals surface area contributed by atoms with Gasteiger partial charge in [-0.3, -0.25) is 0 Å². The molecule has 0 bridgehead atoms. The largest absolute Gasteiger partial charge is 0.380 e. The van der Waals surface area contributed by atoms with Gasteiger partial charge < -0.3 is 4.74 Å². The Morgan fingerprint density at radius 1 is 1.45 bits per heavy atom. The van der Waals surface area contributed by atoms with Crippen molar-refractivity contribution in [2.75, 3.05) is 19.0 Å². The van der Waals surface area contributed by atoms with E-state index in [9.17, 15) is 0 Å². The van der Waals surface area contributed by atoms with Crippen LogP contribution in [0.5, 0.6) is 0 Å². The van der Waals surface area contributed by atoms with E-state index in [1.165, 1.54) is 18.6 Å². The Hall–Kier alpha value is 0.660. The molecule has 1 unspecified atom stereocenters. The van der Waals surface area contributed by atoms with Crippen LogP contribution in [0.1, 0.15) is 26.7 Å². The maximum absolute atomic E-state index is 5.41. The van der Waals surface area contributed by atoms with Crippen LogP contribution in [0.25, 0.3) is 0 Å². The third kappa shape index (κ3) is 2.56. The highest BCUT2D eigenvalue weighted by Crippen LogP contribution is 2.43. The van der Waals surface area contributed by atoms with Crippen molar-refractivity contribution in [2.24, 2.45) is 0 Å². The van der Waals surface area contributed by atoms with Crippen molar-refractivity contribution >= 4 is 21.6 Å². The predicted octanol–water partition coefficient (Wildman–Crippen LogP) is 2.96. The third-order valence-corrected chi connectivity index (χ3v) is 5.50. The summed E-state index contributed by atoms with van der Waals surface area (Å²) in [7, 11) is 3.99. The zero-order chi connectivity index (χ0) is 8.16. The van der Waals surface area contributed by atoms with Gasteiger partial charge in [-0.25, -0.2) is 0 Å². The van der Waals surface area contributed by atoms with Crippen LogP contribution in [0.15, 0.2) is 0 Å². The SMILES string of the molecule is CCSSC1(CC)CCOC1. The maximum Gasteiger partial charge on any atom is 0.0622 e. The highest BCUT2D eigenvalue weighted by atomic mass is 33.1. The summed E-state index contributed by atoms with van der Waals surface area (Å²) >= 11 is 0. The molecular formula is C8H16OS2. The Morgan fingerprint density at radius 3 is 2.73 bits per heavy atom. The minimum atomic E-state index is 0.445. The molecule has 0 N–H and O–H groups in total. The van der Waals surface area contributed by atoms with E-state index in [1.54, 1.807) is 0 Å². The Kier molecular flexibility index (Phi) is 4.10. The molecule has 0 aromatic carbocycles. The molecule has 11 heavy (non-hydrogen) atoms. The van der Waals surface area contributed by atoms with Crippen molar-refractivity contribution in [3.8, 4) is 0 Å². The van der Waals surface area contributed by atoms with Gasteiger partial charge in [0.25, 0.3) is 0 Å². The lowest BCUT2D eigenvalue weighted by Gasteiger charge is -2.23. The Morgan fingerprint density at radius 2 is 2.27 bits per heavy atom. The molecular weight excluding hydrogens is 176 g/mol. The molecule has 1 aliphatic rings. The molecule has 0 radical (unpaired) electrons. The van der Waals surface area contributed by atoms with Crippen molar-refractivity contribution in [3.63, 3.8) is 0 Å². The van der Waals surface area contributed by atoms with Gasteiger partial charge in [-0.05, 0) is 12.8 Å². The van der Waals surface area contributed by atoms with E-state index < -0.39 is 0 Å². The molecule has 1 rings (SSSR count). The van der Waals surface area contributed by atoms with Gasteiger partial charge in [0.15, 0.2) is 0 Å². The van der Waals surface area contributed by atoms with Gasteiger partial charge in [-0.1, -0.05) is 35.4 Å². The average Bonchev–Trinajstić information content (AvgIpc) is 2.50. The molecule has 0 saturated carbocycles. The molecule has 1 saturated heterocycles. The molecule has 66 valence electrons. The molecule has 3 heteroatoms. The highest BCUT2D eigenvalue weighted by molar-refractivity contribution is 8.77. The molecule has 0 aromatic heterocycles. The molecule has 1 nitrogen and oxygen atoms in total. The van der Waals surface area contributed by atoms with Crippen LogP contribution in [0.2, 0.25) is 0 Å². The van der Waals surface area contributed by atoms with Gasteiger partial charge in [-0.2, -0.15) is 0 Å². The Bertz CT molecular complexity index is 111. The fraction of sp³-hybridized carbons (Fsp3) is 1.00. The molecule has 0 amide bonds. The predicted molar refractivity (Wildman–Crippen MR) is 54.2 cm³/mol. The van der Waals surface area contributed by atoms with Gasteiger partial charge in [0.1, 0.15) is 0 Å². The van der Waals surface area contributed by atoms with Gasteiger partial charge in [0, 0.05) is 12.4 Å². The number of ether oxygens (including phenoxy) is 1. The summed E-state index contributed by atoms with van der Waals surface area (Å²) in [6.07, 6.45) is 2.48. The van der Waals surface area contributed by atoms with Gasteiger partial charge in [0.05, 0.1) is 11.4 Å². The lowest BCUT2D eigenvalue weighted by molar-refractivity contribution is 0.190. The van der Waals surface area contributed by atoms with E-state index in [0.29, 0.717) is 4.75 Å². The molecule has 1 fully saturated rings. The highest BCUT2D eigenvalue weighted by Gasteiger charge is 2.33. The second-order valence-corrected chi connectivity index (χ2v) is 5.88. The monoisotopic (exact) mass is 192 g/mol. The topological polar surface area (TPSA) is 9.23 Å². The second-order valence-electron chi connectivity index (χ2n) is 2.83. The van der Waals surface area contributed by atoms with Crippen LogP contribution >= 0.6 is 21.6 Å². The summed E-state index contributed by atoms with van der Waals surface area (Å²) in [6, 6.07) is 0. The fourth-order valence-corrected chi connectivity index (χ4v) is 3.81. The zero-order valence-electron chi connectivity index (χ0n) is 7.26. The summed E-state index contributed by atoms with van der Waals surface area (Å²) in [5, 5.41) is 0. The quantitative estimate of drug-likeness (QED) is 0.634. The van der Waals surface area contributed by atoms with Gasteiger partial charge in [-0.15, -0.1) is 0 Å². The lowest BCUT2D eigenvalue weighted by atomic mass is 10.1. The minimum Gasteiger partial charge on any atom is -0.380 e. The zero-order valence-corrected chi connectivity index (χ0v) is 8.89. The lowest BCUT2D eigenvalue weighted by Crippen LogP contribution is -2.22. The first kappa shape index (κ1) is 9.75. The fourth-order valence-electron chi connectivity index (χ4n) is 1.18. The first-order valence-electron chi connectivity index (χ1n) is 4.21. The van der Waals surface area contributed by atoms with Crippen molar-refractivity contribution < 1.29 is 4.74 Å². The molecule has 0 aliphatic carbocycles. The second kappa shape index (κ2) is 4.63. The first-order valence-corrected chi connectivity index (χ1v) is 6.53. The number of hydrogen-bond donors (Lipinski definition) is 0. The van der Waals surface area contributed by atoms with E-state index in [1.807, 2.05) is 21.6 Å². The van der Waals surface area contributed by atoms with E-state index in [2.05, 4.69) is 13.8 Å². The third-order valence-electron chi connectivity index (χ3n) is 2.07. The van der Waals surface area contributed by atoms with Crippen molar-refractivity contribution in [2.45, 2.75) is 31.4 Å². The van der Waals surface area contributed by atoms with Crippen molar-refractivity contribution in [1.29, 1.82) is 0 Å². The van der Waals surface area contributed by atoms with E-state index >= 15 is 0 Å². The van der Waals surface area contributed by atoms with Gasteiger partial charge in [0.2, 0.25) is 0 Å². The normalized spacial score (nSPS) is 31.1. The molecule has 0 aromatic rings. The molecule has 1 aliphatic heterocycles. The summed E-state index contributed by atoms with van der Waals surface area (Å²) < 4.78 is 5.86. The van der Waals surface area contributed by atoms with Gasteiger partial charge >= 0.3 is 0 Å². The summed E-state index contributed by atoms with van der Waals surface area (Å²) in [6.45, 7) is 6.39. The standard InChI is InChI=1S/C8H16OS2/c1-3-8(11-10-4-2)5-6-9-7-8/h3-7H2,1-2H3. The maximum atomic E-state index is 5.41. The van der Waals surface area contributed by atoms with Crippen LogP contribution in [-0.4, -0.2) is 23.7 Å². The smallest absolute Gasteiger partial charge is 0.0622 e. The van der Waals surface area contributed by atoms with Crippen LogP contribution in [0.4, 0.5) is 0 Å². The summed E-state index contributed by atoms with van der Waals surface area (Å²) in [4.78, 5) is 0. The van der Waals surface area contributed by atoms with E-state index in [-0.39, 0.29) is 0 Å². The number of hydrogen-bond acceptors (Lipinski definition) is 3. The summed E-state index contributed by atoms with van der Waals surface area (Å²) in [5.74, 6) is 1.20. The van der Waals surface area contributed by atoms with Crippen LogP contribution in [0, 0.1) is 0 Å². The van der Waals surface area contributed by atoms with Crippen LogP contribution in [-0.2, 0) is 4.74 Å². The first-order chi connectivity index (χ1) is 5.33. The van der Waals surface area contributed by atoms with Crippen molar-refractivity contribution in [1.82, 2.24) is 0 Å². The number of rotatable bonds is 4. The molecule has 0 spiro atoms. The van der Waals surface area contributed by atoms with Crippen LogP contribution < -0.4 is 0 Å². The molecule has 1 atom stereocenters. The van der Waals surface area contributed by atoms with E-state index in [4.69, 9.17) is 4.74 Å². The Labute approximate surface area is 77.0 Å². The Balaban J connectivity index is 2.33. The van der Waals surface area contributed by atoms with E-state index in [0.717, 1.165) is 13.2 Å². The minimum absolute atomic E-state index is 0.445.